The number of H-pyrrole nitrogens is 1. The molecule has 1 fully saturated rings. The predicted molar refractivity (Wildman–Crippen MR) is 118 cm³/mol. The Morgan fingerprint density at radius 1 is 1.29 bits per heavy atom. The smallest absolute Gasteiger partial charge is 0.408 e. The average Bonchev–Trinajstić information content (AvgIpc) is 3.28. The third-order valence-corrected chi connectivity index (χ3v) is 7.18. The van der Waals surface area contributed by atoms with Crippen molar-refractivity contribution in [3.8, 4) is 0 Å². The van der Waals surface area contributed by atoms with Gasteiger partial charge in [-0.15, -0.1) is 0 Å². The number of fused-ring (bicyclic) bond motifs is 1. The number of aromatic amines is 1. The first kappa shape index (κ1) is 24.6. The molecule has 0 saturated carbocycles. The number of benzene rings is 1. The zero-order valence-corrected chi connectivity index (χ0v) is 20.2. The van der Waals surface area contributed by atoms with Gasteiger partial charge in [-0.05, 0) is 45.4 Å². The van der Waals surface area contributed by atoms with Crippen molar-refractivity contribution >= 4 is 15.9 Å². The lowest BCUT2D eigenvalue weighted by atomic mass is 9.88. The molecule has 2 aliphatic rings. The minimum atomic E-state index is -3.46. The molecule has 2 aromatic rings. The van der Waals surface area contributed by atoms with E-state index in [1.165, 1.54) is 4.90 Å². The summed E-state index contributed by atoms with van der Waals surface area (Å²) in [7, 11) is -3.46. The van der Waals surface area contributed by atoms with E-state index in [1.54, 1.807) is 20.8 Å². The monoisotopic (exact) mass is 498 g/mol. The van der Waals surface area contributed by atoms with Gasteiger partial charge in [0, 0.05) is 36.5 Å². The van der Waals surface area contributed by atoms with Crippen LogP contribution in [0.25, 0.3) is 0 Å². The Balaban J connectivity index is 1.63. The molecule has 186 valence electrons. The van der Waals surface area contributed by atoms with Gasteiger partial charge in [0.2, 0.25) is 15.0 Å². The summed E-state index contributed by atoms with van der Waals surface area (Å²) in [5.41, 5.74) is 0.442. The highest BCUT2D eigenvalue weighted by Gasteiger charge is 2.45. The molecule has 1 aromatic carbocycles. The van der Waals surface area contributed by atoms with Crippen LogP contribution in [0, 0.1) is 11.6 Å². The van der Waals surface area contributed by atoms with E-state index in [4.69, 9.17) is 4.74 Å². The number of hydrogen-bond acceptors (Lipinski definition) is 6. The molecule has 0 aliphatic carbocycles. The molecule has 12 heteroatoms. The quantitative estimate of drug-likeness (QED) is 0.666. The van der Waals surface area contributed by atoms with Gasteiger partial charge in [0.1, 0.15) is 17.7 Å². The summed E-state index contributed by atoms with van der Waals surface area (Å²) in [6.07, 6.45) is -0.781. The van der Waals surface area contributed by atoms with Crippen LogP contribution < -0.4 is 0 Å². The molecule has 0 unspecified atom stereocenters. The van der Waals surface area contributed by atoms with Crippen molar-refractivity contribution in [3.05, 3.63) is 46.8 Å². The number of amides is 1. The average molecular weight is 499 g/mol. The molecule has 0 spiro atoms. The molecular formula is C22H28F2N4O5S. The lowest BCUT2D eigenvalue weighted by Crippen LogP contribution is -2.58. The van der Waals surface area contributed by atoms with Crippen LogP contribution in [0.5, 0.6) is 0 Å². The number of aromatic nitrogens is 2. The predicted octanol–water partition coefficient (Wildman–Crippen LogP) is 3.08. The molecule has 9 nitrogen and oxygen atoms in total. The standard InChI is InChI=1S/C22H28F2N4O5S/c1-22(2,3)28(21(29)30)18-8-13(11-33-19(18)14-7-12(23)5-6-15(14)24)27-9-16-17(10-27)26-20(25-16)34(4,31)32/h5-7,13,18-19H,8-11H2,1-4H3,(H,25,26)(H,29,30)/t13-,18+,19-/m1/s1. The number of hydrogen-bond donors (Lipinski definition) is 2. The van der Waals surface area contributed by atoms with E-state index in [1.807, 2.05) is 4.90 Å². The van der Waals surface area contributed by atoms with Crippen LogP contribution in [0.15, 0.2) is 23.4 Å². The lowest BCUT2D eigenvalue weighted by Gasteiger charge is -2.48. The Labute approximate surface area is 196 Å². The topological polar surface area (TPSA) is 116 Å². The second kappa shape index (κ2) is 8.58. The Kier molecular flexibility index (Phi) is 6.19. The van der Waals surface area contributed by atoms with Gasteiger partial charge in [0.25, 0.3) is 0 Å². The van der Waals surface area contributed by atoms with Gasteiger partial charge in [0.15, 0.2) is 0 Å². The second-order valence-corrected chi connectivity index (χ2v) is 11.8. The number of imidazole rings is 1. The summed E-state index contributed by atoms with van der Waals surface area (Å²) in [5.74, 6) is -1.30. The SMILES string of the molecule is CC(C)(C)N(C(=O)O)[C@H]1C[C@@H](N2Cc3nc(S(C)(=O)=O)[nH]c3C2)CO[C@@H]1c1cc(F)ccc1F. The molecular weight excluding hydrogens is 470 g/mol. The summed E-state index contributed by atoms with van der Waals surface area (Å²) in [4.78, 5) is 22.6. The first-order valence-electron chi connectivity index (χ1n) is 10.9. The minimum absolute atomic E-state index is 0.0231. The first-order chi connectivity index (χ1) is 15.8. The summed E-state index contributed by atoms with van der Waals surface area (Å²) in [6, 6.07) is 2.04. The van der Waals surface area contributed by atoms with Crippen molar-refractivity contribution in [2.24, 2.45) is 0 Å². The second-order valence-electron chi connectivity index (χ2n) is 9.84. The highest BCUT2D eigenvalue weighted by molar-refractivity contribution is 7.90. The molecule has 0 bridgehead atoms. The van der Waals surface area contributed by atoms with E-state index in [2.05, 4.69) is 9.97 Å². The molecule has 3 heterocycles. The molecule has 34 heavy (non-hydrogen) atoms. The van der Waals surface area contributed by atoms with Crippen molar-refractivity contribution in [2.75, 3.05) is 12.9 Å². The van der Waals surface area contributed by atoms with Crippen LogP contribution in [0.1, 0.15) is 50.2 Å². The van der Waals surface area contributed by atoms with Crippen LogP contribution in [0.3, 0.4) is 0 Å². The number of ether oxygens (including phenoxy) is 1. The molecule has 2 N–H and O–H groups in total. The molecule has 0 radical (unpaired) electrons. The maximum Gasteiger partial charge on any atom is 0.408 e. The Morgan fingerprint density at radius 2 is 2.00 bits per heavy atom. The van der Waals surface area contributed by atoms with E-state index in [-0.39, 0.29) is 23.4 Å². The van der Waals surface area contributed by atoms with Gasteiger partial charge in [-0.25, -0.2) is 27.0 Å². The van der Waals surface area contributed by atoms with Crippen LogP contribution >= 0.6 is 0 Å². The van der Waals surface area contributed by atoms with E-state index in [0.717, 1.165) is 24.5 Å². The molecule has 1 aromatic heterocycles. The number of rotatable bonds is 4. The van der Waals surface area contributed by atoms with E-state index >= 15 is 0 Å². The number of halogens is 2. The van der Waals surface area contributed by atoms with Crippen LogP contribution in [-0.4, -0.2) is 69.9 Å². The molecule has 2 aliphatic heterocycles. The van der Waals surface area contributed by atoms with E-state index in [9.17, 15) is 27.1 Å². The Morgan fingerprint density at radius 3 is 2.59 bits per heavy atom. The van der Waals surface area contributed by atoms with Crippen LogP contribution in [0.4, 0.5) is 13.6 Å². The highest BCUT2D eigenvalue weighted by atomic mass is 32.2. The Hall–Kier alpha value is -2.57. The summed E-state index contributed by atoms with van der Waals surface area (Å²) >= 11 is 0. The number of carboxylic acid groups (broad SMARTS) is 1. The van der Waals surface area contributed by atoms with Crippen molar-refractivity contribution in [1.82, 2.24) is 19.8 Å². The van der Waals surface area contributed by atoms with Gasteiger partial charge in [-0.2, -0.15) is 0 Å². The summed E-state index contributed by atoms with van der Waals surface area (Å²) in [6.45, 7) is 6.13. The zero-order valence-electron chi connectivity index (χ0n) is 19.4. The van der Waals surface area contributed by atoms with E-state index < -0.39 is 45.2 Å². The maximum absolute atomic E-state index is 14.7. The van der Waals surface area contributed by atoms with Gasteiger partial charge < -0.3 is 14.8 Å². The fraction of sp³-hybridized carbons (Fsp3) is 0.545. The van der Waals surface area contributed by atoms with Crippen molar-refractivity contribution in [3.63, 3.8) is 0 Å². The number of nitrogens with zero attached hydrogens (tertiary/aromatic N) is 3. The molecule has 1 amide bonds. The maximum atomic E-state index is 14.7. The van der Waals surface area contributed by atoms with Gasteiger partial charge in [-0.3, -0.25) is 9.80 Å². The normalized spacial score (nSPS) is 23.6. The zero-order chi connectivity index (χ0) is 25.0. The number of sulfone groups is 1. The highest BCUT2D eigenvalue weighted by Crippen LogP contribution is 2.39. The Bertz CT molecular complexity index is 1190. The summed E-state index contributed by atoms with van der Waals surface area (Å²) in [5, 5.41) is 9.95. The fourth-order valence-electron chi connectivity index (χ4n) is 4.81. The van der Waals surface area contributed by atoms with Crippen LogP contribution in [-0.2, 0) is 27.7 Å². The molecule has 3 atom stereocenters. The van der Waals surface area contributed by atoms with Crippen molar-refractivity contribution < 1.29 is 31.8 Å². The van der Waals surface area contributed by atoms with Gasteiger partial charge >= 0.3 is 6.09 Å². The third-order valence-electron chi connectivity index (χ3n) is 6.28. The van der Waals surface area contributed by atoms with Crippen molar-refractivity contribution in [2.45, 2.75) is 69.2 Å². The van der Waals surface area contributed by atoms with Gasteiger partial charge in [0.05, 0.1) is 24.0 Å². The van der Waals surface area contributed by atoms with Crippen molar-refractivity contribution in [1.29, 1.82) is 0 Å². The third kappa shape index (κ3) is 4.66. The fourth-order valence-corrected chi connectivity index (χ4v) is 5.40. The summed E-state index contributed by atoms with van der Waals surface area (Å²) < 4.78 is 58.2. The van der Waals surface area contributed by atoms with E-state index in [0.29, 0.717) is 30.9 Å². The lowest BCUT2D eigenvalue weighted by molar-refractivity contribution is -0.103. The first-order valence-corrected chi connectivity index (χ1v) is 12.8. The van der Waals surface area contributed by atoms with Gasteiger partial charge in [-0.1, -0.05) is 0 Å². The number of nitrogens with one attached hydrogen (secondary N) is 1. The largest absolute Gasteiger partial charge is 0.465 e. The molecule has 1 saturated heterocycles. The minimum Gasteiger partial charge on any atom is -0.465 e. The number of carbonyl (C=O) groups is 1. The molecule has 4 rings (SSSR count). The van der Waals surface area contributed by atoms with Crippen LogP contribution in [0.2, 0.25) is 0 Å².